The molecule has 2 aromatic rings. The number of unbranched alkanes of at least 4 members (excludes halogenated alkanes) is 1. The second kappa shape index (κ2) is 10.2. The molecule has 5 nitrogen and oxygen atoms in total. The summed E-state index contributed by atoms with van der Waals surface area (Å²) in [4.78, 5) is 19.1. The molecule has 3 rings (SSSR count). The van der Waals surface area contributed by atoms with Gasteiger partial charge >= 0.3 is 0 Å². The van der Waals surface area contributed by atoms with Gasteiger partial charge in [0.2, 0.25) is 5.91 Å². The Morgan fingerprint density at radius 3 is 2.93 bits per heavy atom. The summed E-state index contributed by atoms with van der Waals surface area (Å²) in [7, 11) is 0. The van der Waals surface area contributed by atoms with Crippen LogP contribution in [0, 0.1) is 6.92 Å². The van der Waals surface area contributed by atoms with Gasteiger partial charge in [0.1, 0.15) is 11.9 Å². The van der Waals surface area contributed by atoms with E-state index in [9.17, 15) is 4.79 Å². The molecule has 0 bridgehead atoms. The Morgan fingerprint density at radius 2 is 2.11 bits per heavy atom. The van der Waals surface area contributed by atoms with Crippen LogP contribution in [0.4, 0.5) is 0 Å². The first-order valence-corrected chi connectivity index (χ1v) is 10.3. The fourth-order valence-corrected chi connectivity index (χ4v) is 3.55. The number of nitrogens with zero attached hydrogens (tertiary/aromatic N) is 2. The van der Waals surface area contributed by atoms with E-state index in [1.54, 1.807) is 0 Å². The lowest BCUT2D eigenvalue weighted by atomic mass is 10.1. The van der Waals surface area contributed by atoms with E-state index in [0.29, 0.717) is 13.0 Å². The van der Waals surface area contributed by atoms with Gasteiger partial charge in [0.05, 0.1) is 12.2 Å². The number of aryl methyl sites for hydroxylation is 1. The van der Waals surface area contributed by atoms with E-state index in [0.717, 1.165) is 56.0 Å². The van der Waals surface area contributed by atoms with Gasteiger partial charge in [0, 0.05) is 37.3 Å². The average Bonchev–Trinajstić information content (AvgIpc) is 2.88. The minimum Gasteiger partial charge on any atom is -0.489 e. The minimum atomic E-state index is 0.0619. The summed E-state index contributed by atoms with van der Waals surface area (Å²) in [6.45, 7) is 7.06. The van der Waals surface area contributed by atoms with Crippen molar-refractivity contribution < 1.29 is 9.53 Å². The van der Waals surface area contributed by atoms with Crippen LogP contribution in [0.15, 0.2) is 42.5 Å². The van der Waals surface area contributed by atoms with Crippen molar-refractivity contribution in [2.75, 3.05) is 13.1 Å². The van der Waals surface area contributed by atoms with Crippen molar-refractivity contribution >= 4 is 5.91 Å². The summed E-state index contributed by atoms with van der Waals surface area (Å²) in [6.07, 6.45) is 4.03. The molecule has 0 aliphatic carbocycles. The molecule has 1 aliphatic heterocycles. The van der Waals surface area contributed by atoms with Gasteiger partial charge in [-0.1, -0.05) is 37.6 Å². The molecule has 1 aromatic heterocycles. The number of amides is 1. The number of pyridine rings is 1. The van der Waals surface area contributed by atoms with Gasteiger partial charge in [0.25, 0.3) is 0 Å². The third-order valence-electron chi connectivity index (χ3n) is 5.07. The van der Waals surface area contributed by atoms with Crippen LogP contribution >= 0.6 is 0 Å². The third-order valence-corrected chi connectivity index (χ3v) is 5.07. The maximum Gasteiger partial charge on any atom is 0.221 e. The van der Waals surface area contributed by atoms with Gasteiger partial charge in [-0.2, -0.15) is 0 Å². The van der Waals surface area contributed by atoms with Crippen molar-refractivity contribution in [3.63, 3.8) is 0 Å². The number of aromatic nitrogens is 1. The summed E-state index contributed by atoms with van der Waals surface area (Å²) in [5, 5.41) is 2.99. The van der Waals surface area contributed by atoms with E-state index < -0.39 is 0 Å². The number of carbonyl (C=O) groups excluding carboxylic acids is 1. The SMILES string of the molecule is CCCCC1CN(CCC(=O)NCc2cccc(C)n2)Cc2ccccc2O1. The van der Waals surface area contributed by atoms with Crippen LogP contribution in [0.1, 0.15) is 49.6 Å². The predicted molar refractivity (Wildman–Crippen MR) is 111 cm³/mol. The minimum absolute atomic E-state index is 0.0619. The van der Waals surface area contributed by atoms with Gasteiger partial charge in [-0.25, -0.2) is 0 Å². The Labute approximate surface area is 168 Å². The van der Waals surface area contributed by atoms with Crippen LogP contribution in [0.3, 0.4) is 0 Å². The maximum absolute atomic E-state index is 12.3. The molecule has 150 valence electrons. The number of ether oxygens (including phenoxy) is 1. The molecule has 0 fully saturated rings. The van der Waals surface area contributed by atoms with Gasteiger partial charge < -0.3 is 10.1 Å². The van der Waals surface area contributed by atoms with Crippen LogP contribution in [-0.2, 0) is 17.9 Å². The van der Waals surface area contributed by atoms with Gasteiger partial charge in [-0.3, -0.25) is 14.7 Å². The van der Waals surface area contributed by atoms with Crippen molar-refractivity contribution in [3.8, 4) is 5.75 Å². The lowest BCUT2D eigenvalue weighted by Crippen LogP contribution is -2.35. The molecular weight excluding hydrogens is 350 g/mol. The molecule has 0 saturated carbocycles. The highest BCUT2D eigenvalue weighted by Crippen LogP contribution is 2.26. The number of carbonyl (C=O) groups is 1. The standard InChI is InChI=1S/C23H31N3O2/c1-3-4-11-21-17-26(16-19-9-5-6-12-22(19)28-21)14-13-23(27)24-15-20-10-7-8-18(2)25-20/h5-10,12,21H,3-4,11,13-17H2,1-2H3,(H,24,27). The highest BCUT2D eigenvalue weighted by atomic mass is 16.5. The summed E-state index contributed by atoms with van der Waals surface area (Å²) in [6, 6.07) is 14.1. The fraction of sp³-hybridized carbons (Fsp3) is 0.478. The average molecular weight is 382 g/mol. The van der Waals surface area contributed by atoms with Crippen LogP contribution in [0.2, 0.25) is 0 Å². The molecule has 0 saturated heterocycles. The van der Waals surface area contributed by atoms with Gasteiger partial charge in [0.15, 0.2) is 0 Å². The molecule has 0 radical (unpaired) electrons. The normalized spacial score (nSPS) is 16.7. The Kier molecular flexibility index (Phi) is 7.43. The number of benzene rings is 1. The second-order valence-corrected chi connectivity index (χ2v) is 7.52. The van der Waals surface area contributed by atoms with Crippen molar-refractivity contribution in [2.45, 2.75) is 58.7 Å². The first kappa shape index (κ1) is 20.3. The number of rotatable bonds is 8. The molecule has 1 amide bonds. The monoisotopic (exact) mass is 381 g/mol. The van der Waals surface area contributed by atoms with Crippen LogP contribution in [-0.4, -0.2) is 35.0 Å². The van der Waals surface area contributed by atoms with Crippen molar-refractivity contribution in [1.29, 1.82) is 0 Å². The van der Waals surface area contributed by atoms with Gasteiger partial charge in [-0.05, 0) is 38.0 Å². The fourth-order valence-electron chi connectivity index (χ4n) is 3.55. The highest BCUT2D eigenvalue weighted by Gasteiger charge is 2.22. The molecule has 0 spiro atoms. The van der Waals surface area contributed by atoms with Crippen LogP contribution in [0.5, 0.6) is 5.75 Å². The Balaban J connectivity index is 1.53. The van der Waals surface area contributed by atoms with E-state index in [1.807, 2.05) is 37.3 Å². The number of nitrogens with one attached hydrogen (secondary N) is 1. The third kappa shape index (κ3) is 6.06. The van der Waals surface area contributed by atoms with Crippen molar-refractivity contribution in [1.82, 2.24) is 15.2 Å². The predicted octanol–water partition coefficient (Wildman–Crippen LogP) is 3.85. The summed E-state index contributed by atoms with van der Waals surface area (Å²) in [5.74, 6) is 1.05. The molecule has 2 heterocycles. The quantitative estimate of drug-likeness (QED) is 0.755. The second-order valence-electron chi connectivity index (χ2n) is 7.52. The molecule has 1 aliphatic rings. The van der Waals surface area contributed by atoms with Crippen LogP contribution in [0.25, 0.3) is 0 Å². The molecule has 5 heteroatoms. The first-order chi connectivity index (χ1) is 13.6. The maximum atomic E-state index is 12.3. The zero-order valence-electron chi connectivity index (χ0n) is 17.0. The van der Waals surface area contributed by atoms with Crippen molar-refractivity contribution in [3.05, 3.63) is 59.4 Å². The van der Waals surface area contributed by atoms with Gasteiger partial charge in [-0.15, -0.1) is 0 Å². The molecule has 28 heavy (non-hydrogen) atoms. The Morgan fingerprint density at radius 1 is 1.25 bits per heavy atom. The molecule has 1 atom stereocenters. The van der Waals surface area contributed by atoms with E-state index in [4.69, 9.17) is 4.74 Å². The number of hydrogen-bond donors (Lipinski definition) is 1. The summed E-state index contributed by atoms with van der Waals surface area (Å²) < 4.78 is 6.26. The topological polar surface area (TPSA) is 54.5 Å². The molecule has 1 unspecified atom stereocenters. The zero-order chi connectivity index (χ0) is 19.8. The summed E-state index contributed by atoms with van der Waals surface area (Å²) >= 11 is 0. The Hall–Kier alpha value is -2.40. The van der Waals surface area contributed by atoms with Crippen LogP contribution < -0.4 is 10.1 Å². The number of fused-ring (bicyclic) bond motifs is 1. The smallest absolute Gasteiger partial charge is 0.221 e. The molecule has 1 N–H and O–H groups in total. The zero-order valence-corrected chi connectivity index (χ0v) is 17.0. The van der Waals surface area contributed by atoms with E-state index in [2.05, 4.69) is 34.3 Å². The first-order valence-electron chi connectivity index (χ1n) is 10.3. The number of para-hydroxylation sites is 1. The molecular formula is C23H31N3O2. The van der Waals surface area contributed by atoms with Crippen molar-refractivity contribution in [2.24, 2.45) is 0 Å². The lowest BCUT2D eigenvalue weighted by molar-refractivity contribution is -0.121. The lowest BCUT2D eigenvalue weighted by Gasteiger charge is -2.23. The number of hydrogen-bond acceptors (Lipinski definition) is 4. The van der Waals surface area contributed by atoms with E-state index >= 15 is 0 Å². The molecule has 1 aromatic carbocycles. The van der Waals surface area contributed by atoms with E-state index in [-0.39, 0.29) is 12.0 Å². The highest BCUT2D eigenvalue weighted by molar-refractivity contribution is 5.76. The Bertz CT molecular complexity index is 778. The van der Waals surface area contributed by atoms with E-state index in [1.165, 1.54) is 5.56 Å². The summed E-state index contributed by atoms with van der Waals surface area (Å²) in [5.41, 5.74) is 3.06. The largest absolute Gasteiger partial charge is 0.489 e.